The van der Waals surface area contributed by atoms with E-state index in [0.717, 1.165) is 22.0 Å². The lowest BCUT2D eigenvalue weighted by Gasteiger charge is -2.25. The smallest absolute Gasteiger partial charge is 0.243 e. The molecular formula is C30H39N9O5. The van der Waals surface area contributed by atoms with Crippen LogP contribution < -0.4 is 38.5 Å². The molecule has 3 rings (SSSR count). The maximum absolute atomic E-state index is 13.7. The van der Waals surface area contributed by atoms with E-state index in [2.05, 4.69) is 31.2 Å². The molecule has 1 heterocycles. The average Bonchev–Trinajstić information content (AvgIpc) is 3.39. The Morgan fingerprint density at radius 2 is 1.43 bits per heavy atom. The number of nitrogens with two attached hydrogens (primary N) is 3. The van der Waals surface area contributed by atoms with Gasteiger partial charge in [-0.3, -0.25) is 29.0 Å². The highest BCUT2D eigenvalue weighted by Gasteiger charge is 2.30. The predicted molar refractivity (Wildman–Crippen MR) is 166 cm³/mol. The highest BCUT2D eigenvalue weighted by Crippen LogP contribution is 2.19. The van der Waals surface area contributed by atoms with Crippen molar-refractivity contribution in [3.8, 4) is 0 Å². The number of hydrogen-bond donors (Lipinski definition) is 8. The molecule has 11 N–H and O–H groups in total. The maximum atomic E-state index is 13.7. The van der Waals surface area contributed by atoms with E-state index in [0.29, 0.717) is 6.42 Å². The van der Waals surface area contributed by atoms with Crippen molar-refractivity contribution in [1.29, 1.82) is 0 Å². The molecule has 0 unspecified atom stereocenters. The van der Waals surface area contributed by atoms with Gasteiger partial charge in [-0.25, -0.2) is 0 Å². The largest absolute Gasteiger partial charge is 0.370 e. The zero-order valence-electron chi connectivity index (χ0n) is 24.5. The average molecular weight is 606 g/mol. The van der Waals surface area contributed by atoms with Crippen LogP contribution >= 0.6 is 0 Å². The number of fused-ring (bicyclic) bond motifs is 1. The highest BCUT2D eigenvalue weighted by molar-refractivity contribution is 5.95. The summed E-state index contributed by atoms with van der Waals surface area (Å²) in [5, 5.41) is 11.4. The van der Waals surface area contributed by atoms with Gasteiger partial charge in [0.15, 0.2) is 5.96 Å². The van der Waals surface area contributed by atoms with Gasteiger partial charge in [0.2, 0.25) is 29.5 Å². The molecule has 234 valence electrons. The molecule has 5 amide bonds. The van der Waals surface area contributed by atoms with E-state index >= 15 is 0 Å². The standard InChI is InChI=1S/C30H39N9O5/c1-18(40)37-24(14-19-8-3-2-4-9-19)29(44)38-23(12-7-13-34-30(32)33)28(43)39-25(27(42)36-17-26(31)41)15-20-16-35-22-11-6-5-10-21(20)22/h2-6,8-11,16,23-25,35H,7,12-15,17H2,1H3,(H2,31,41)(H,36,42)(H,37,40)(H,38,44)(H,39,43)(H4,32,33,34)/t23-,24-,25-/m0/s1. The molecule has 1 aromatic heterocycles. The first kappa shape index (κ1) is 33.1. The summed E-state index contributed by atoms with van der Waals surface area (Å²) in [7, 11) is 0. The lowest BCUT2D eigenvalue weighted by atomic mass is 10.0. The van der Waals surface area contributed by atoms with Crippen molar-refractivity contribution < 1.29 is 24.0 Å². The Labute approximate surface area is 254 Å². The molecule has 14 heteroatoms. The molecule has 44 heavy (non-hydrogen) atoms. The van der Waals surface area contributed by atoms with E-state index in [-0.39, 0.29) is 31.8 Å². The number of H-pyrrole nitrogens is 1. The summed E-state index contributed by atoms with van der Waals surface area (Å²) in [6, 6.07) is 13.4. The molecule has 0 spiro atoms. The Bertz CT molecular complexity index is 1480. The molecule has 0 saturated carbocycles. The number of aromatic amines is 1. The molecule has 0 bridgehead atoms. The number of rotatable bonds is 16. The summed E-state index contributed by atoms with van der Waals surface area (Å²) in [6.45, 7) is 1.07. The van der Waals surface area contributed by atoms with Crippen LogP contribution in [0.5, 0.6) is 0 Å². The van der Waals surface area contributed by atoms with Crippen LogP contribution in [-0.4, -0.2) is 71.7 Å². The van der Waals surface area contributed by atoms with Gasteiger partial charge in [0, 0.05) is 43.4 Å². The van der Waals surface area contributed by atoms with Crippen LogP contribution in [0.15, 0.2) is 65.8 Å². The normalized spacial score (nSPS) is 12.8. The maximum Gasteiger partial charge on any atom is 0.243 e. The fourth-order valence-electron chi connectivity index (χ4n) is 4.65. The number of primary amides is 1. The van der Waals surface area contributed by atoms with E-state index in [1.54, 1.807) is 6.20 Å². The number of guanidine groups is 1. The second-order valence-electron chi connectivity index (χ2n) is 10.3. The van der Waals surface area contributed by atoms with Crippen LogP contribution in [0.4, 0.5) is 0 Å². The summed E-state index contributed by atoms with van der Waals surface area (Å²) in [4.78, 5) is 70.6. The lowest BCUT2D eigenvalue weighted by Crippen LogP contribution is -2.57. The number of benzene rings is 2. The third-order valence-electron chi connectivity index (χ3n) is 6.72. The Morgan fingerprint density at radius 3 is 2.11 bits per heavy atom. The molecular weight excluding hydrogens is 566 g/mol. The van der Waals surface area contributed by atoms with Crippen LogP contribution in [0.25, 0.3) is 10.9 Å². The summed E-state index contributed by atoms with van der Waals surface area (Å²) in [6.07, 6.45) is 2.45. The van der Waals surface area contributed by atoms with Crippen molar-refractivity contribution in [1.82, 2.24) is 26.3 Å². The topological polar surface area (TPSA) is 240 Å². The third kappa shape index (κ3) is 10.5. The van der Waals surface area contributed by atoms with Crippen molar-refractivity contribution in [2.24, 2.45) is 22.2 Å². The molecule has 0 aliphatic heterocycles. The Kier molecular flexibility index (Phi) is 12.3. The van der Waals surface area contributed by atoms with Crippen molar-refractivity contribution in [3.63, 3.8) is 0 Å². The van der Waals surface area contributed by atoms with Gasteiger partial charge in [0.25, 0.3) is 0 Å². The van der Waals surface area contributed by atoms with Gasteiger partial charge < -0.3 is 43.5 Å². The van der Waals surface area contributed by atoms with Crippen LogP contribution in [0, 0.1) is 0 Å². The van der Waals surface area contributed by atoms with Crippen molar-refractivity contribution in [2.75, 3.05) is 13.1 Å². The van der Waals surface area contributed by atoms with Gasteiger partial charge in [0.1, 0.15) is 18.1 Å². The van der Waals surface area contributed by atoms with Gasteiger partial charge in [-0.15, -0.1) is 0 Å². The van der Waals surface area contributed by atoms with E-state index in [1.807, 2.05) is 54.6 Å². The Balaban J connectivity index is 1.84. The number of aliphatic imine (C=N–C) groups is 1. The Morgan fingerprint density at radius 1 is 0.795 bits per heavy atom. The first-order valence-corrected chi connectivity index (χ1v) is 14.1. The minimum atomic E-state index is -1.12. The first-order chi connectivity index (χ1) is 21.0. The molecule has 0 fully saturated rings. The molecule has 0 radical (unpaired) electrons. The summed E-state index contributed by atoms with van der Waals surface area (Å²) in [5.41, 5.74) is 18.5. The third-order valence-corrected chi connectivity index (χ3v) is 6.72. The van der Waals surface area contributed by atoms with Crippen LogP contribution in [0.3, 0.4) is 0 Å². The molecule has 0 aliphatic carbocycles. The number of amides is 5. The molecule has 2 aromatic carbocycles. The van der Waals surface area contributed by atoms with Gasteiger partial charge in [-0.2, -0.15) is 0 Å². The molecule has 3 atom stereocenters. The molecule has 0 aliphatic rings. The molecule has 14 nitrogen and oxygen atoms in total. The fraction of sp³-hybridized carbons (Fsp3) is 0.333. The number of hydrogen-bond acceptors (Lipinski definition) is 6. The monoisotopic (exact) mass is 605 g/mol. The number of carbonyl (C=O) groups excluding carboxylic acids is 5. The number of aromatic nitrogens is 1. The predicted octanol–water partition coefficient (Wildman–Crippen LogP) is -0.917. The van der Waals surface area contributed by atoms with Gasteiger partial charge in [-0.1, -0.05) is 48.5 Å². The number of nitrogens with one attached hydrogen (secondary N) is 5. The number of nitrogens with zero attached hydrogens (tertiary/aromatic N) is 1. The second kappa shape index (κ2) is 16.3. The molecule has 3 aromatic rings. The van der Waals surface area contributed by atoms with E-state index in [1.165, 1.54) is 6.92 Å². The minimum Gasteiger partial charge on any atom is -0.370 e. The van der Waals surface area contributed by atoms with Gasteiger partial charge >= 0.3 is 0 Å². The van der Waals surface area contributed by atoms with Crippen molar-refractivity contribution in [3.05, 3.63) is 71.9 Å². The second-order valence-corrected chi connectivity index (χ2v) is 10.3. The Hall–Kier alpha value is -5.40. The van der Waals surface area contributed by atoms with Crippen LogP contribution in [0.1, 0.15) is 30.9 Å². The molecule has 0 saturated heterocycles. The van der Waals surface area contributed by atoms with Gasteiger partial charge in [-0.05, 0) is 30.0 Å². The quantitative estimate of drug-likeness (QED) is 0.0580. The van der Waals surface area contributed by atoms with Crippen molar-refractivity contribution >= 4 is 46.4 Å². The van der Waals surface area contributed by atoms with E-state index in [4.69, 9.17) is 17.2 Å². The minimum absolute atomic E-state index is 0.0809. The fourth-order valence-corrected chi connectivity index (χ4v) is 4.65. The zero-order valence-corrected chi connectivity index (χ0v) is 24.5. The van der Waals surface area contributed by atoms with Crippen LogP contribution in [-0.2, 0) is 36.8 Å². The number of para-hydroxylation sites is 1. The summed E-state index contributed by atoms with van der Waals surface area (Å²) >= 11 is 0. The summed E-state index contributed by atoms with van der Waals surface area (Å²) < 4.78 is 0. The first-order valence-electron chi connectivity index (χ1n) is 14.1. The van der Waals surface area contributed by atoms with Gasteiger partial charge in [0.05, 0.1) is 6.54 Å². The summed E-state index contributed by atoms with van der Waals surface area (Å²) in [5.74, 6) is -3.15. The lowest BCUT2D eigenvalue weighted by molar-refractivity contribution is -0.133. The zero-order chi connectivity index (χ0) is 32.1. The van der Waals surface area contributed by atoms with Crippen molar-refractivity contribution in [2.45, 2.75) is 50.7 Å². The SMILES string of the molecule is CC(=O)N[C@@H](Cc1ccccc1)C(=O)N[C@@H](CCCN=C(N)N)C(=O)N[C@@H](Cc1c[nH]c2ccccc12)C(=O)NCC(N)=O. The number of carbonyl (C=O) groups is 5. The van der Waals surface area contributed by atoms with E-state index < -0.39 is 54.2 Å². The van der Waals surface area contributed by atoms with E-state index in [9.17, 15) is 24.0 Å². The van der Waals surface area contributed by atoms with Crippen LogP contribution in [0.2, 0.25) is 0 Å². The highest BCUT2D eigenvalue weighted by atomic mass is 16.2.